The number of nitrogens with one attached hydrogen (secondary N) is 1. The Morgan fingerprint density at radius 3 is 2.44 bits per heavy atom. The molecule has 36 heavy (non-hydrogen) atoms. The zero-order chi connectivity index (χ0) is 25.2. The van der Waals surface area contributed by atoms with Gasteiger partial charge in [0.25, 0.3) is 5.91 Å². The van der Waals surface area contributed by atoms with Gasteiger partial charge in [0.1, 0.15) is 11.3 Å². The number of pyridine rings is 1. The van der Waals surface area contributed by atoms with Crippen LogP contribution in [-0.2, 0) is 0 Å². The second-order valence-electron chi connectivity index (χ2n) is 8.73. The van der Waals surface area contributed by atoms with Gasteiger partial charge < -0.3 is 29.1 Å². The molecule has 8 heteroatoms. The number of amides is 1. The zero-order valence-electron chi connectivity index (χ0n) is 20.4. The molecular weight excluding hydrogens is 460 g/mol. The van der Waals surface area contributed by atoms with Gasteiger partial charge in [0.05, 0.1) is 39.0 Å². The third kappa shape index (κ3) is 4.24. The fraction of sp³-hybridized carbons (Fsp3) is 0.286. The second-order valence-corrected chi connectivity index (χ2v) is 8.73. The number of nitrogens with zero attached hydrogens (tertiary/aromatic N) is 1. The monoisotopic (exact) mass is 488 g/mol. The SMILES string of the molecule is COc1cc(-c2oc3cccnc3c2-c2cccc(C(=O)N[C@@H]3CCC[C@H]3O)c2)cc(OC)c1OC. The number of furan rings is 1. The van der Waals surface area contributed by atoms with Crippen LogP contribution >= 0.6 is 0 Å². The molecule has 2 heterocycles. The highest BCUT2D eigenvalue weighted by Crippen LogP contribution is 2.46. The second kappa shape index (κ2) is 9.91. The van der Waals surface area contributed by atoms with E-state index in [2.05, 4.69) is 10.3 Å². The molecule has 0 aliphatic heterocycles. The van der Waals surface area contributed by atoms with E-state index in [4.69, 9.17) is 18.6 Å². The summed E-state index contributed by atoms with van der Waals surface area (Å²) in [5, 5.41) is 13.1. The van der Waals surface area contributed by atoms with Crippen molar-refractivity contribution in [3.8, 4) is 39.7 Å². The Labute approximate surface area is 208 Å². The Balaban J connectivity index is 1.63. The molecule has 1 aliphatic carbocycles. The number of aliphatic hydroxyl groups excluding tert-OH is 1. The number of carbonyl (C=O) groups excluding carboxylic acids is 1. The van der Waals surface area contributed by atoms with E-state index in [0.29, 0.717) is 51.7 Å². The van der Waals surface area contributed by atoms with Crippen LogP contribution in [0.5, 0.6) is 17.2 Å². The minimum absolute atomic E-state index is 0.224. The summed E-state index contributed by atoms with van der Waals surface area (Å²) in [6.45, 7) is 0. The molecule has 0 radical (unpaired) electrons. The fourth-order valence-electron chi connectivity index (χ4n) is 4.79. The summed E-state index contributed by atoms with van der Waals surface area (Å²) in [5.74, 6) is 1.81. The number of aliphatic hydroxyl groups is 1. The van der Waals surface area contributed by atoms with Gasteiger partial charge in [-0.15, -0.1) is 0 Å². The van der Waals surface area contributed by atoms with Crippen molar-refractivity contribution in [3.05, 3.63) is 60.3 Å². The molecule has 0 saturated heterocycles. The first kappa shape index (κ1) is 23.7. The zero-order valence-corrected chi connectivity index (χ0v) is 20.4. The van der Waals surface area contributed by atoms with Crippen LogP contribution in [0.25, 0.3) is 33.6 Å². The summed E-state index contributed by atoms with van der Waals surface area (Å²) >= 11 is 0. The molecule has 186 valence electrons. The number of methoxy groups -OCH3 is 3. The molecule has 8 nitrogen and oxygen atoms in total. The van der Waals surface area contributed by atoms with E-state index in [9.17, 15) is 9.90 Å². The van der Waals surface area contributed by atoms with E-state index in [1.807, 2.05) is 42.5 Å². The number of carbonyl (C=O) groups is 1. The molecule has 2 aromatic heterocycles. The van der Waals surface area contributed by atoms with Crippen LogP contribution in [0.2, 0.25) is 0 Å². The van der Waals surface area contributed by atoms with Gasteiger partial charge in [-0.1, -0.05) is 12.1 Å². The first-order chi connectivity index (χ1) is 17.5. The van der Waals surface area contributed by atoms with Crippen LogP contribution in [-0.4, -0.2) is 49.5 Å². The van der Waals surface area contributed by atoms with Crippen LogP contribution in [0.3, 0.4) is 0 Å². The van der Waals surface area contributed by atoms with Crippen molar-refractivity contribution in [2.24, 2.45) is 0 Å². The molecule has 1 amide bonds. The van der Waals surface area contributed by atoms with E-state index >= 15 is 0 Å². The van der Waals surface area contributed by atoms with Crippen molar-refractivity contribution < 1.29 is 28.5 Å². The van der Waals surface area contributed by atoms with Crippen molar-refractivity contribution in [3.63, 3.8) is 0 Å². The van der Waals surface area contributed by atoms with Gasteiger partial charge in [0, 0.05) is 17.3 Å². The smallest absolute Gasteiger partial charge is 0.251 e. The number of hydrogen-bond acceptors (Lipinski definition) is 7. The van der Waals surface area contributed by atoms with E-state index in [0.717, 1.165) is 24.0 Å². The van der Waals surface area contributed by atoms with E-state index < -0.39 is 6.10 Å². The summed E-state index contributed by atoms with van der Waals surface area (Å²) in [6.07, 6.45) is 3.57. The lowest BCUT2D eigenvalue weighted by atomic mass is 9.98. The summed E-state index contributed by atoms with van der Waals surface area (Å²) in [6, 6.07) is 14.4. The van der Waals surface area contributed by atoms with Crippen LogP contribution < -0.4 is 19.5 Å². The molecule has 5 rings (SSSR count). The number of fused-ring (bicyclic) bond motifs is 1. The number of benzene rings is 2. The Morgan fingerprint density at radius 1 is 1.00 bits per heavy atom. The molecule has 4 aromatic rings. The minimum Gasteiger partial charge on any atom is -0.493 e. The highest BCUT2D eigenvalue weighted by Gasteiger charge is 2.27. The Bertz CT molecular complexity index is 1390. The topological polar surface area (TPSA) is 103 Å². The summed E-state index contributed by atoms with van der Waals surface area (Å²) in [4.78, 5) is 17.6. The first-order valence-corrected chi connectivity index (χ1v) is 11.8. The average Bonchev–Trinajstić information content (AvgIpc) is 3.50. The largest absolute Gasteiger partial charge is 0.493 e. The number of hydrogen-bond donors (Lipinski definition) is 2. The van der Waals surface area contributed by atoms with Gasteiger partial charge in [-0.05, 0) is 61.2 Å². The maximum atomic E-state index is 13.0. The van der Waals surface area contributed by atoms with Gasteiger partial charge in [0.15, 0.2) is 17.1 Å². The van der Waals surface area contributed by atoms with Crippen molar-refractivity contribution in [2.45, 2.75) is 31.4 Å². The maximum absolute atomic E-state index is 13.0. The normalized spacial score (nSPS) is 17.2. The van der Waals surface area contributed by atoms with Crippen molar-refractivity contribution in [1.29, 1.82) is 0 Å². The third-order valence-corrected chi connectivity index (χ3v) is 6.58. The lowest BCUT2D eigenvalue weighted by Gasteiger charge is -2.17. The van der Waals surface area contributed by atoms with Crippen molar-refractivity contribution in [1.82, 2.24) is 10.3 Å². The van der Waals surface area contributed by atoms with Crippen LogP contribution in [0, 0.1) is 0 Å². The minimum atomic E-state index is -0.509. The van der Waals surface area contributed by atoms with E-state index in [-0.39, 0.29) is 11.9 Å². The van der Waals surface area contributed by atoms with Crippen LogP contribution in [0.1, 0.15) is 29.6 Å². The van der Waals surface area contributed by atoms with E-state index in [1.165, 1.54) is 0 Å². The van der Waals surface area contributed by atoms with Crippen LogP contribution in [0.15, 0.2) is 59.1 Å². The van der Waals surface area contributed by atoms with Crippen molar-refractivity contribution in [2.75, 3.05) is 21.3 Å². The summed E-state index contributed by atoms with van der Waals surface area (Å²) in [7, 11) is 4.68. The van der Waals surface area contributed by atoms with Crippen molar-refractivity contribution >= 4 is 17.0 Å². The molecule has 1 aliphatic rings. The molecule has 2 atom stereocenters. The molecule has 1 saturated carbocycles. The van der Waals surface area contributed by atoms with Gasteiger partial charge in [-0.3, -0.25) is 9.78 Å². The molecular formula is C28H28N2O6. The predicted octanol–water partition coefficient (Wildman–Crippen LogP) is 4.83. The molecule has 2 aromatic carbocycles. The predicted molar refractivity (Wildman–Crippen MR) is 136 cm³/mol. The number of ether oxygens (including phenoxy) is 3. The van der Waals surface area contributed by atoms with Gasteiger partial charge in [-0.25, -0.2) is 0 Å². The molecule has 2 N–H and O–H groups in total. The molecule has 1 fully saturated rings. The third-order valence-electron chi connectivity index (χ3n) is 6.58. The first-order valence-electron chi connectivity index (χ1n) is 11.8. The van der Waals surface area contributed by atoms with E-state index in [1.54, 1.807) is 33.6 Å². The van der Waals surface area contributed by atoms with Crippen LogP contribution in [0.4, 0.5) is 0 Å². The summed E-state index contributed by atoms with van der Waals surface area (Å²) < 4.78 is 22.9. The van der Waals surface area contributed by atoms with Gasteiger partial charge in [0.2, 0.25) is 5.75 Å². The highest BCUT2D eigenvalue weighted by molar-refractivity contribution is 6.02. The Kier molecular flexibility index (Phi) is 6.52. The molecule has 0 bridgehead atoms. The Morgan fingerprint density at radius 2 is 1.78 bits per heavy atom. The van der Waals surface area contributed by atoms with Gasteiger partial charge >= 0.3 is 0 Å². The maximum Gasteiger partial charge on any atom is 0.251 e. The summed E-state index contributed by atoms with van der Waals surface area (Å²) in [5.41, 5.74) is 4.01. The Hall–Kier alpha value is -4.04. The lowest BCUT2D eigenvalue weighted by molar-refractivity contribution is 0.0873. The highest BCUT2D eigenvalue weighted by atomic mass is 16.5. The van der Waals surface area contributed by atoms with Gasteiger partial charge in [-0.2, -0.15) is 0 Å². The lowest BCUT2D eigenvalue weighted by Crippen LogP contribution is -2.39. The number of rotatable bonds is 7. The quantitative estimate of drug-likeness (QED) is 0.384. The average molecular weight is 489 g/mol. The molecule has 0 unspecified atom stereocenters. The molecule has 0 spiro atoms. The number of aromatic nitrogens is 1. The standard InChI is InChI=1S/C28H28N2O6/c1-33-22-14-18(15-23(34-2)27(22)35-3)26-24(25-21(36-26)11-6-12-29-25)16-7-4-8-17(13-16)28(32)30-19-9-5-10-20(19)31/h4,6-8,11-15,19-20,31H,5,9-10H2,1-3H3,(H,30,32)/t19-,20-/m1/s1. The fourth-order valence-corrected chi connectivity index (χ4v) is 4.79.